The van der Waals surface area contributed by atoms with E-state index in [1.165, 1.54) is 40.6 Å². The summed E-state index contributed by atoms with van der Waals surface area (Å²) >= 11 is 1.26. The van der Waals surface area contributed by atoms with Crippen molar-refractivity contribution in [3.63, 3.8) is 0 Å². The molecule has 0 spiro atoms. The highest BCUT2D eigenvalue weighted by Gasteiger charge is 2.32. The zero-order chi connectivity index (χ0) is 23.7. The molecule has 2 N–H and O–H groups in total. The van der Waals surface area contributed by atoms with Crippen molar-refractivity contribution in [1.82, 2.24) is 4.57 Å². The molecule has 0 saturated carbocycles. The lowest BCUT2D eigenvalue weighted by molar-refractivity contribution is -0.274. The van der Waals surface area contributed by atoms with E-state index in [1.54, 1.807) is 45.0 Å². The fourth-order valence-corrected chi connectivity index (χ4v) is 4.22. The fourth-order valence-electron chi connectivity index (χ4n) is 3.16. The maximum Gasteiger partial charge on any atom is 0.573 e. The number of nitrogens with two attached hydrogens (primary N) is 1. The van der Waals surface area contributed by atoms with Crippen LogP contribution in [0.2, 0.25) is 0 Å². The molecule has 6 nitrogen and oxygen atoms in total. The van der Waals surface area contributed by atoms with Gasteiger partial charge in [0.1, 0.15) is 16.2 Å². The predicted octanol–water partition coefficient (Wildman–Crippen LogP) is 5.06. The molecule has 3 aromatic rings. The van der Waals surface area contributed by atoms with Crippen LogP contribution in [0.4, 0.5) is 13.2 Å². The Morgan fingerprint density at radius 2 is 1.81 bits per heavy atom. The highest BCUT2D eigenvalue weighted by Crippen LogP contribution is 2.36. The number of primary amides is 1. The standard InChI is InChI=1S/C22H21F3N2O4S/c1-4-30-20(29)21(2,3)32-16-7-5-6-14(11-16)27-17-12-15(31-22(23,24)25)9-8-13(17)10-18(27)19(26)28/h5-12H,4H2,1-3H3,(H2,26,28). The summed E-state index contributed by atoms with van der Waals surface area (Å²) in [5.41, 5.74) is 6.43. The highest BCUT2D eigenvalue weighted by molar-refractivity contribution is 8.01. The van der Waals surface area contributed by atoms with Gasteiger partial charge in [0, 0.05) is 22.0 Å². The number of alkyl halides is 3. The van der Waals surface area contributed by atoms with Gasteiger partial charge < -0.3 is 19.8 Å². The summed E-state index contributed by atoms with van der Waals surface area (Å²) in [6.45, 7) is 5.42. The van der Waals surface area contributed by atoms with Gasteiger partial charge in [0.2, 0.25) is 0 Å². The van der Waals surface area contributed by atoms with Gasteiger partial charge >= 0.3 is 12.3 Å². The fraction of sp³-hybridized carbons (Fsp3) is 0.273. The third kappa shape index (κ3) is 5.18. The van der Waals surface area contributed by atoms with Crippen molar-refractivity contribution in [2.45, 2.75) is 36.8 Å². The second kappa shape index (κ2) is 8.78. The molecule has 0 unspecified atom stereocenters. The van der Waals surface area contributed by atoms with Crippen LogP contribution in [0.5, 0.6) is 5.75 Å². The van der Waals surface area contributed by atoms with Crippen molar-refractivity contribution in [2.75, 3.05) is 6.61 Å². The quantitative estimate of drug-likeness (QED) is 0.389. The molecule has 2 aromatic carbocycles. The number of rotatable bonds is 7. The summed E-state index contributed by atoms with van der Waals surface area (Å²) in [6.07, 6.45) is -4.85. The Labute approximate surface area is 186 Å². The molecule has 0 radical (unpaired) electrons. The smallest absolute Gasteiger partial charge is 0.465 e. The van der Waals surface area contributed by atoms with Crippen molar-refractivity contribution in [1.29, 1.82) is 0 Å². The van der Waals surface area contributed by atoms with Gasteiger partial charge in [0.05, 0.1) is 12.1 Å². The molecular weight excluding hydrogens is 445 g/mol. The van der Waals surface area contributed by atoms with Gasteiger partial charge in [-0.15, -0.1) is 24.9 Å². The van der Waals surface area contributed by atoms with Crippen LogP contribution < -0.4 is 10.5 Å². The molecule has 1 aromatic heterocycles. The zero-order valence-corrected chi connectivity index (χ0v) is 18.3. The van der Waals surface area contributed by atoms with Crippen LogP contribution >= 0.6 is 11.8 Å². The van der Waals surface area contributed by atoms with Crippen LogP contribution in [0.25, 0.3) is 16.6 Å². The van der Waals surface area contributed by atoms with Gasteiger partial charge in [-0.05, 0) is 57.2 Å². The Bertz CT molecular complexity index is 1170. The van der Waals surface area contributed by atoms with Gasteiger partial charge in [-0.2, -0.15) is 0 Å². The SMILES string of the molecule is CCOC(=O)C(C)(C)Sc1cccc(-n2c(C(N)=O)cc3ccc(OC(F)(F)F)cc32)c1. The van der Waals surface area contributed by atoms with Gasteiger partial charge in [0.15, 0.2) is 0 Å². The number of aromatic nitrogens is 1. The first-order chi connectivity index (χ1) is 14.9. The second-order valence-electron chi connectivity index (χ2n) is 7.33. The number of hydrogen-bond donors (Lipinski definition) is 1. The number of carbonyl (C=O) groups is 2. The first-order valence-corrected chi connectivity index (χ1v) is 10.4. The van der Waals surface area contributed by atoms with E-state index in [2.05, 4.69) is 4.74 Å². The molecule has 0 fully saturated rings. The topological polar surface area (TPSA) is 83.5 Å². The van der Waals surface area contributed by atoms with Crippen LogP contribution in [0.1, 0.15) is 31.3 Å². The van der Waals surface area contributed by atoms with E-state index in [0.717, 1.165) is 0 Å². The van der Waals surface area contributed by atoms with E-state index in [0.29, 0.717) is 21.5 Å². The maximum absolute atomic E-state index is 12.7. The van der Waals surface area contributed by atoms with Crippen molar-refractivity contribution >= 4 is 34.5 Å². The Hall–Kier alpha value is -3.14. The molecule has 0 atom stereocenters. The summed E-state index contributed by atoms with van der Waals surface area (Å²) in [7, 11) is 0. The molecule has 1 heterocycles. The number of hydrogen-bond acceptors (Lipinski definition) is 5. The van der Waals surface area contributed by atoms with E-state index in [4.69, 9.17) is 10.5 Å². The lowest BCUT2D eigenvalue weighted by atomic mass is 10.2. The number of esters is 1. The first-order valence-electron chi connectivity index (χ1n) is 9.59. The summed E-state index contributed by atoms with van der Waals surface area (Å²) in [5.74, 6) is -1.55. The Balaban J connectivity index is 2.09. The molecule has 170 valence electrons. The zero-order valence-electron chi connectivity index (χ0n) is 17.5. The van der Waals surface area contributed by atoms with E-state index in [9.17, 15) is 22.8 Å². The van der Waals surface area contributed by atoms with Gasteiger partial charge in [-0.25, -0.2) is 0 Å². The molecule has 0 aliphatic rings. The molecule has 10 heteroatoms. The summed E-state index contributed by atoms with van der Waals surface area (Å²) in [5, 5.41) is 0.512. The van der Waals surface area contributed by atoms with Gasteiger partial charge in [-0.1, -0.05) is 6.07 Å². The second-order valence-corrected chi connectivity index (χ2v) is 9.02. The number of halogens is 3. The number of thioether (sulfide) groups is 1. The molecule has 0 bridgehead atoms. The Kier molecular flexibility index (Phi) is 6.45. The van der Waals surface area contributed by atoms with Crippen molar-refractivity contribution < 1.29 is 32.2 Å². The molecule has 0 aliphatic heterocycles. The van der Waals surface area contributed by atoms with Crippen molar-refractivity contribution in [3.05, 3.63) is 54.2 Å². The van der Waals surface area contributed by atoms with E-state index < -0.39 is 22.8 Å². The summed E-state index contributed by atoms with van der Waals surface area (Å²) in [4.78, 5) is 25.0. The lowest BCUT2D eigenvalue weighted by Crippen LogP contribution is -2.29. The molecule has 0 saturated heterocycles. The molecular formula is C22H21F3N2O4S. The van der Waals surface area contributed by atoms with Gasteiger partial charge in [-0.3, -0.25) is 9.59 Å². The summed E-state index contributed by atoms with van der Waals surface area (Å²) < 4.78 is 47.8. The highest BCUT2D eigenvalue weighted by atomic mass is 32.2. The first kappa shape index (κ1) is 23.5. The van der Waals surface area contributed by atoms with Crippen LogP contribution in [0.15, 0.2) is 53.4 Å². The number of ether oxygens (including phenoxy) is 2. The van der Waals surface area contributed by atoms with E-state index in [1.807, 2.05) is 0 Å². The monoisotopic (exact) mass is 466 g/mol. The number of carbonyl (C=O) groups excluding carboxylic acids is 2. The normalized spacial score (nSPS) is 12.1. The van der Waals surface area contributed by atoms with Gasteiger partial charge in [0.25, 0.3) is 5.91 Å². The van der Waals surface area contributed by atoms with Crippen LogP contribution in [-0.2, 0) is 9.53 Å². The number of fused-ring (bicyclic) bond motifs is 1. The molecule has 1 amide bonds. The number of amides is 1. The lowest BCUT2D eigenvalue weighted by Gasteiger charge is -2.22. The third-order valence-electron chi connectivity index (χ3n) is 4.48. The van der Waals surface area contributed by atoms with Crippen LogP contribution in [0, 0.1) is 0 Å². The number of benzene rings is 2. The average Bonchev–Trinajstić information content (AvgIpc) is 3.06. The molecule has 32 heavy (non-hydrogen) atoms. The minimum Gasteiger partial charge on any atom is -0.465 e. The van der Waals surface area contributed by atoms with Crippen molar-refractivity contribution in [2.24, 2.45) is 5.73 Å². The van der Waals surface area contributed by atoms with Crippen LogP contribution in [0.3, 0.4) is 0 Å². The maximum atomic E-state index is 12.7. The van der Waals surface area contributed by atoms with E-state index in [-0.39, 0.29) is 18.3 Å². The minimum absolute atomic E-state index is 0.0935. The van der Waals surface area contributed by atoms with Crippen molar-refractivity contribution in [3.8, 4) is 11.4 Å². The number of nitrogens with zero attached hydrogens (tertiary/aromatic N) is 1. The average molecular weight is 466 g/mol. The largest absolute Gasteiger partial charge is 0.573 e. The Morgan fingerprint density at radius 1 is 1.09 bits per heavy atom. The Morgan fingerprint density at radius 3 is 2.44 bits per heavy atom. The molecule has 3 rings (SSSR count). The van der Waals surface area contributed by atoms with E-state index >= 15 is 0 Å². The summed E-state index contributed by atoms with van der Waals surface area (Å²) in [6, 6.07) is 12.2. The molecule has 0 aliphatic carbocycles. The third-order valence-corrected chi connectivity index (χ3v) is 5.64. The predicted molar refractivity (Wildman–Crippen MR) is 115 cm³/mol. The van der Waals surface area contributed by atoms with Crippen LogP contribution in [-0.4, -0.2) is 34.2 Å². The minimum atomic E-state index is -4.85.